The van der Waals surface area contributed by atoms with E-state index in [1.54, 1.807) is 29.2 Å². The monoisotopic (exact) mass is 329 g/mol. The molecule has 4 nitrogen and oxygen atoms in total. The molecule has 1 atom stereocenters. The lowest BCUT2D eigenvalue weighted by Gasteiger charge is -2.21. The van der Waals surface area contributed by atoms with Crippen LogP contribution in [0.5, 0.6) is 0 Å². The maximum Gasteiger partial charge on any atom is 0.252 e. The van der Waals surface area contributed by atoms with E-state index in [0.29, 0.717) is 17.7 Å². The molecule has 112 valence electrons. The second kappa shape index (κ2) is 6.11. The number of thiazole rings is 1. The number of carbonyl (C=O) groups excluding carboxylic acids is 1. The number of aryl methyl sites for hydroxylation is 1. The number of carbonyl (C=O) groups is 1. The van der Waals surface area contributed by atoms with Crippen molar-refractivity contribution >= 4 is 29.0 Å². The van der Waals surface area contributed by atoms with Crippen LogP contribution in [0.25, 0.3) is 11.3 Å². The fraction of sp³-hybridized carbons (Fsp3) is 0.312. The molecule has 0 unspecified atom stereocenters. The average Bonchev–Trinajstić information content (AvgIpc) is 3.17. The third-order valence-corrected chi connectivity index (χ3v) is 5.59. The molecular weight excluding hydrogens is 314 g/mol. The predicted molar refractivity (Wildman–Crippen MR) is 90.0 cm³/mol. The molecule has 1 aromatic heterocycles. The quantitative estimate of drug-likeness (QED) is 0.939. The standard InChI is InChI=1S/C16H15N3OS2/c1-11-18-14(8-22-11)12-3-2-4-13(7-12)15(20)19-16(9-17)5-6-21-10-16/h2-4,7-8H,5-6,10H2,1H3,(H,19,20)/t16-/m0/s1. The van der Waals surface area contributed by atoms with Crippen LogP contribution in [0.2, 0.25) is 0 Å². The van der Waals surface area contributed by atoms with Crippen LogP contribution in [0.1, 0.15) is 21.8 Å². The first-order valence-electron chi connectivity index (χ1n) is 6.96. The molecule has 0 aliphatic carbocycles. The molecule has 1 amide bonds. The number of hydrogen-bond donors (Lipinski definition) is 1. The molecule has 0 saturated carbocycles. The third-order valence-electron chi connectivity index (χ3n) is 3.63. The van der Waals surface area contributed by atoms with Gasteiger partial charge in [0.25, 0.3) is 5.91 Å². The molecule has 1 N–H and O–H groups in total. The fourth-order valence-electron chi connectivity index (χ4n) is 2.38. The zero-order chi connectivity index (χ0) is 15.6. The van der Waals surface area contributed by atoms with Gasteiger partial charge in [0.1, 0.15) is 5.54 Å². The molecule has 2 aromatic rings. The van der Waals surface area contributed by atoms with Gasteiger partial charge in [-0.2, -0.15) is 17.0 Å². The van der Waals surface area contributed by atoms with Crippen molar-refractivity contribution in [2.24, 2.45) is 0 Å². The Bertz CT molecular complexity index is 742. The summed E-state index contributed by atoms with van der Waals surface area (Å²) in [6.45, 7) is 1.96. The molecule has 0 radical (unpaired) electrons. The van der Waals surface area contributed by atoms with Gasteiger partial charge in [-0.25, -0.2) is 4.98 Å². The number of benzene rings is 1. The van der Waals surface area contributed by atoms with Crippen LogP contribution >= 0.6 is 23.1 Å². The molecule has 1 aliphatic rings. The highest BCUT2D eigenvalue weighted by Crippen LogP contribution is 2.28. The van der Waals surface area contributed by atoms with E-state index in [-0.39, 0.29) is 5.91 Å². The van der Waals surface area contributed by atoms with Crippen LogP contribution < -0.4 is 5.32 Å². The molecule has 0 bridgehead atoms. The lowest BCUT2D eigenvalue weighted by Crippen LogP contribution is -2.47. The zero-order valence-electron chi connectivity index (χ0n) is 12.1. The van der Waals surface area contributed by atoms with E-state index in [9.17, 15) is 10.1 Å². The van der Waals surface area contributed by atoms with Gasteiger partial charge in [-0.1, -0.05) is 12.1 Å². The Balaban J connectivity index is 1.83. The Morgan fingerprint density at radius 1 is 1.50 bits per heavy atom. The molecule has 1 fully saturated rings. The minimum Gasteiger partial charge on any atom is -0.333 e. The van der Waals surface area contributed by atoms with Gasteiger partial charge in [-0.3, -0.25) is 4.79 Å². The maximum atomic E-state index is 12.5. The van der Waals surface area contributed by atoms with E-state index in [1.807, 2.05) is 30.5 Å². The summed E-state index contributed by atoms with van der Waals surface area (Å²) in [5.41, 5.74) is 1.64. The number of hydrogen-bond acceptors (Lipinski definition) is 5. The molecule has 3 rings (SSSR count). The number of thioether (sulfide) groups is 1. The van der Waals surface area contributed by atoms with Crippen LogP contribution in [0, 0.1) is 18.3 Å². The molecule has 6 heteroatoms. The number of nitrogens with one attached hydrogen (secondary N) is 1. The fourth-order valence-corrected chi connectivity index (χ4v) is 4.27. The number of nitrogens with zero attached hydrogens (tertiary/aromatic N) is 2. The first-order chi connectivity index (χ1) is 10.6. The molecule has 1 aromatic carbocycles. The van der Waals surface area contributed by atoms with Crippen molar-refractivity contribution in [2.45, 2.75) is 18.9 Å². The molecule has 2 heterocycles. The van der Waals surface area contributed by atoms with Gasteiger partial charge >= 0.3 is 0 Å². The first kappa shape index (κ1) is 15.1. The second-order valence-electron chi connectivity index (χ2n) is 5.28. The van der Waals surface area contributed by atoms with Gasteiger partial charge in [-0.05, 0) is 31.2 Å². The van der Waals surface area contributed by atoms with E-state index >= 15 is 0 Å². The van der Waals surface area contributed by atoms with Gasteiger partial charge in [0.05, 0.1) is 16.8 Å². The van der Waals surface area contributed by atoms with Crippen molar-refractivity contribution in [1.82, 2.24) is 10.3 Å². The highest BCUT2D eigenvalue weighted by atomic mass is 32.2. The first-order valence-corrected chi connectivity index (χ1v) is 8.99. The number of aromatic nitrogens is 1. The predicted octanol–water partition coefficient (Wildman–Crippen LogP) is 3.25. The van der Waals surface area contributed by atoms with Crippen molar-refractivity contribution in [1.29, 1.82) is 5.26 Å². The van der Waals surface area contributed by atoms with Crippen LogP contribution in [0.15, 0.2) is 29.6 Å². The minimum atomic E-state index is -0.727. The molecule has 1 aliphatic heterocycles. The normalized spacial score (nSPS) is 20.5. The van der Waals surface area contributed by atoms with Gasteiger partial charge in [0.15, 0.2) is 0 Å². The summed E-state index contributed by atoms with van der Waals surface area (Å²) < 4.78 is 0. The summed E-state index contributed by atoms with van der Waals surface area (Å²) in [4.78, 5) is 16.9. The average molecular weight is 329 g/mol. The second-order valence-corrected chi connectivity index (χ2v) is 7.45. The van der Waals surface area contributed by atoms with Crippen molar-refractivity contribution in [3.8, 4) is 17.3 Å². The van der Waals surface area contributed by atoms with Crippen molar-refractivity contribution in [2.75, 3.05) is 11.5 Å². The highest BCUT2D eigenvalue weighted by Gasteiger charge is 2.36. The Morgan fingerprint density at radius 2 is 2.36 bits per heavy atom. The number of amides is 1. The Hall–Kier alpha value is -1.84. The summed E-state index contributed by atoms with van der Waals surface area (Å²) in [6.07, 6.45) is 0.699. The van der Waals surface area contributed by atoms with Crippen LogP contribution in [0.4, 0.5) is 0 Å². The molecule has 0 spiro atoms. The molecular formula is C16H15N3OS2. The van der Waals surface area contributed by atoms with E-state index in [0.717, 1.165) is 22.0 Å². The van der Waals surface area contributed by atoms with Gasteiger partial charge in [0, 0.05) is 22.3 Å². The summed E-state index contributed by atoms with van der Waals surface area (Å²) in [6, 6.07) is 9.65. The van der Waals surface area contributed by atoms with Crippen LogP contribution in [-0.4, -0.2) is 27.9 Å². The largest absolute Gasteiger partial charge is 0.333 e. The summed E-state index contributed by atoms with van der Waals surface area (Å²) >= 11 is 3.28. The Kier molecular flexibility index (Phi) is 4.19. The molecule has 22 heavy (non-hydrogen) atoms. The third kappa shape index (κ3) is 3.01. The Morgan fingerprint density at radius 3 is 3.00 bits per heavy atom. The summed E-state index contributed by atoms with van der Waals surface area (Å²) in [5.74, 6) is 1.37. The number of nitriles is 1. The van der Waals surface area contributed by atoms with E-state index < -0.39 is 5.54 Å². The van der Waals surface area contributed by atoms with Crippen molar-refractivity contribution in [3.63, 3.8) is 0 Å². The SMILES string of the molecule is Cc1nc(-c2cccc(C(=O)N[C@]3(C#N)CCSC3)c2)cs1. The van der Waals surface area contributed by atoms with Crippen molar-refractivity contribution < 1.29 is 4.79 Å². The van der Waals surface area contributed by atoms with Gasteiger partial charge in [-0.15, -0.1) is 11.3 Å². The summed E-state index contributed by atoms with van der Waals surface area (Å²) in [5, 5.41) is 15.2. The number of rotatable bonds is 3. The van der Waals surface area contributed by atoms with Crippen LogP contribution in [-0.2, 0) is 0 Å². The van der Waals surface area contributed by atoms with Gasteiger partial charge < -0.3 is 5.32 Å². The maximum absolute atomic E-state index is 12.5. The summed E-state index contributed by atoms with van der Waals surface area (Å²) in [7, 11) is 0. The topological polar surface area (TPSA) is 65.8 Å². The van der Waals surface area contributed by atoms with E-state index in [1.165, 1.54) is 0 Å². The van der Waals surface area contributed by atoms with Crippen molar-refractivity contribution in [3.05, 3.63) is 40.2 Å². The lowest BCUT2D eigenvalue weighted by atomic mass is 10.00. The van der Waals surface area contributed by atoms with E-state index in [4.69, 9.17) is 0 Å². The minimum absolute atomic E-state index is 0.196. The highest BCUT2D eigenvalue weighted by molar-refractivity contribution is 7.99. The lowest BCUT2D eigenvalue weighted by molar-refractivity contribution is 0.0926. The Labute approximate surface area is 137 Å². The zero-order valence-corrected chi connectivity index (χ0v) is 13.8. The van der Waals surface area contributed by atoms with E-state index in [2.05, 4.69) is 16.4 Å². The smallest absolute Gasteiger partial charge is 0.252 e. The molecule has 1 saturated heterocycles. The van der Waals surface area contributed by atoms with Gasteiger partial charge in [0.2, 0.25) is 0 Å². The van der Waals surface area contributed by atoms with Crippen LogP contribution in [0.3, 0.4) is 0 Å².